The van der Waals surface area contributed by atoms with E-state index in [2.05, 4.69) is 28.6 Å². The zero-order chi connectivity index (χ0) is 16.7. The molecule has 0 heterocycles. The van der Waals surface area contributed by atoms with Crippen LogP contribution in [0.5, 0.6) is 0 Å². The van der Waals surface area contributed by atoms with Crippen LogP contribution in [0.15, 0.2) is 24.3 Å². The van der Waals surface area contributed by atoms with E-state index in [1.807, 2.05) is 25.1 Å². The molecule has 0 aliphatic heterocycles. The monoisotopic (exact) mass is 319 g/mol. The molecule has 1 atom stereocenters. The highest BCUT2D eigenvalue weighted by Gasteiger charge is 2.21. The highest BCUT2D eigenvalue weighted by Crippen LogP contribution is 2.31. The first-order chi connectivity index (χ1) is 11.1. The molecule has 1 aliphatic carbocycles. The molecule has 2 rings (SSSR count). The van der Waals surface area contributed by atoms with Gasteiger partial charge in [0.1, 0.15) is 0 Å². The van der Waals surface area contributed by atoms with Gasteiger partial charge < -0.3 is 20.6 Å². The molecule has 1 fully saturated rings. The minimum absolute atomic E-state index is 0.222. The van der Waals surface area contributed by atoms with Crippen LogP contribution >= 0.6 is 0 Å². The van der Waals surface area contributed by atoms with Gasteiger partial charge in [-0.25, -0.2) is 4.79 Å². The molecule has 2 amide bonds. The second-order valence-electron chi connectivity index (χ2n) is 6.30. The molecule has 0 saturated heterocycles. The summed E-state index contributed by atoms with van der Waals surface area (Å²) in [6, 6.07) is 8.25. The maximum absolute atomic E-state index is 12.1. The van der Waals surface area contributed by atoms with Gasteiger partial charge in [-0.1, -0.05) is 31.9 Å². The van der Waals surface area contributed by atoms with Crippen molar-refractivity contribution in [3.63, 3.8) is 0 Å². The smallest absolute Gasteiger partial charge is 0.319 e. The molecule has 128 valence electrons. The summed E-state index contributed by atoms with van der Waals surface area (Å²) in [6.45, 7) is 2.40. The van der Waals surface area contributed by atoms with Gasteiger partial charge in [0.25, 0.3) is 0 Å². The number of rotatable bonds is 7. The lowest BCUT2D eigenvalue weighted by molar-refractivity contribution is 0.160. The molecule has 1 aromatic carbocycles. The van der Waals surface area contributed by atoms with Crippen molar-refractivity contribution in [2.75, 3.05) is 23.8 Å². The van der Waals surface area contributed by atoms with E-state index < -0.39 is 0 Å². The number of para-hydroxylation sites is 2. The molecule has 23 heavy (non-hydrogen) atoms. The Morgan fingerprint density at radius 2 is 2.04 bits per heavy atom. The average molecular weight is 319 g/mol. The van der Waals surface area contributed by atoms with Crippen LogP contribution < -0.4 is 15.5 Å². The first-order valence-corrected chi connectivity index (χ1v) is 8.66. The summed E-state index contributed by atoms with van der Waals surface area (Å²) in [5.74, 6) is 0. The molecule has 0 spiro atoms. The van der Waals surface area contributed by atoms with Gasteiger partial charge in [0.15, 0.2) is 0 Å². The fraction of sp³-hybridized carbons (Fsp3) is 0.611. The molecule has 0 bridgehead atoms. The van der Waals surface area contributed by atoms with Crippen molar-refractivity contribution in [1.82, 2.24) is 5.32 Å². The fourth-order valence-corrected chi connectivity index (χ4v) is 3.10. The number of aliphatic hydroxyl groups is 1. The Hall–Kier alpha value is -1.75. The van der Waals surface area contributed by atoms with E-state index in [1.165, 1.54) is 25.7 Å². The van der Waals surface area contributed by atoms with E-state index in [9.17, 15) is 9.90 Å². The molecule has 1 unspecified atom stereocenters. The molecule has 1 aromatic rings. The lowest BCUT2D eigenvalue weighted by Gasteiger charge is -2.28. The van der Waals surface area contributed by atoms with Crippen molar-refractivity contribution in [3.8, 4) is 0 Å². The normalized spacial score (nSPS) is 16.1. The highest BCUT2D eigenvalue weighted by molar-refractivity contribution is 5.93. The number of hydrogen-bond donors (Lipinski definition) is 3. The van der Waals surface area contributed by atoms with E-state index >= 15 is 0 Å². The number of nitrogens with zero attached hydrogens (tertiary/aromatic N) is 1. The molecule has 5 heteroatoms. The third-order valence-electron chi connectivity index (χ3n) is 4.64. The van der Waals surface area contributed by atoms with E-state index in [-0.39, 0.29) is 12.1 Å². The summed E-state index contributed by atoms with van der Waals surface area (Å²) in [6.07, 6.45) is 5.93. The minimum atomic E-state index is -0.351. The topological polar surface area (TPSA) is 64.6 Å². The van der Waals surface area contributed by atoms with Gasteiger partial charge in [0.05, 0.1) is 17.5 Å². The van der Waals surface area contributed by atoms with E-state index in [0.29, 0.717) is 25.4 Å². The number of aliphatic hydroxyl groups excluding tert-OH is 1. The molecule has 3 N–H and O–H groups in total. The Morgan fingerprint density at radius 3 is 2.74 bits per heavy atom. The zero-order valence-electron chi connectivity index (χ0n) is 14.2. The summed E-state index contributed by atoms with van der Waals surface area (Å²) in [4.78, 5) is 14.3. The summed E-state index contributed by atoms with van der Waals surface area (Å²) in [7, 11) is 2.10. The van der Waals surface area contributed by atoms with Crippen LogP contribution in [0, 0.1) is 0 Å². The summed E-state index contributed by atoms with van der Waals surface area (Å²) in [5.41, 5.74) is 1.89. The van der Waals surface area contributed by atoms with Gasteiger partial charge in [0.2, 0.25) is 0 Å². The number of urea groups is 1. The van der Waals surface area contributed by atoms with Gasteiger partial charge in [-0.3, -0.25) is 0 Å². The second-order valence-corrected chi connectivity index (χ2v) is 6.30. The van der Waals surface area contributed by atoms with E-state index in [4.69, 9.17) is 0 Å². The van der Waals surface area contributed by atoms with Crippen molar-refractivity contribution in [2.45, 2.75) is 57.6 Å². The number of nitrogens with one attached hydrogen (secondary N) is 2. The standard InChI is InChI=1S/C18H29N3O2/c1-3-15(22)12-13-19-18(23)20-16-10-6-7-11-17(16)21(2)14-8-4-5-9-14/h6-7,10-11,14-15,22H,3-5,8-9,12-13H2,1-2H3,(H2,19,20,23). The molecule has 1 aliphatic rings. The van der Waals surface area contributed by atoms with Gasteiger partial charge >= 0.3 is 6.03 Å². The summed E-state index contributed by atoms with van der Waals surface area (Å²) >= 11 is 0. The third kappa shape index (κ3) is 5.13. The van der Waals surface area contributed by atoms with Gasteiger partial charge in [-0.15, -0.1) is 0 Å². The number of amides is 2. The van der Waals surface area contributed by atoms with Crippen LogP contribution in [-0.2, 0) is 0 Å². The van der Waals surface area contributed by atoms with Crippen LogP contribution in [-0.4, -0.2) is 36.9 Å². The van der Waals surface area contributed by atoms with Gasteiger partial charge in [-0.2, -0.15) is 0 Å². The van der Waals surface area contributed by atoms with E-state index in [0.717, 1.165) is 11.4 Å². The molecule has 0 radical (unpaired) electrons. The second kappa shape index (κ2) is 8.77. The Kier molecular flexibility index (Phi) is 6.71. The maximum atomic E-state index is 12.1. The van der Waals surface area contributed by atoms with Gasteiger partial charge in [0, 0.05) is 19.6 Å². The Bertz CT molecular complexity index is 501. The van der Waals surface area contributed by atoms with Gasteiger partial charge in [-0.05, 0) is 37.8 Å². The predicted molar refractivity (Wildman–Crippen MR) is 95.0 cm³/mol. The fourth-order valence-electron chi connectivity index (χ4n) is 3.10. The van der Waals surface area contributed by atoms with Crippen molar-refractivity contribution in [3.05, 3.63) is 24.3 Å². The number of hydrogen-bond acceptors (Lipinski definition) is 3. The maximum Gasteiger partial charge on any atom is 0.319 e. The third-order valence-corrected chi connectivity index (χ3v) is 4.64. The molecular weight excluding hydrogens is 290 g/mol. The first-order valence-electron chi connectivity index (χ1n) is 8.66. The Balaban J connectivity index is 1.93. The Morgan fingerprint density at radius 1 is 1.35 bits per heavy atom. The van der Waals surface area contributed by atoms with Crippen molar-refractivity contribution in [2.24, 2.45) is 0 Å². The molecule has 0 aromatic heterocycles. The summed E-state index contributed by atoms with van der Waals surface area (Å²) in [5, 5.41) is 15.3. The lowest BCUT2D eigenvalue weighted by Crippen LogP contribution is -2.33. The lowest BCUT2D eigenvalue weighted by atomic mass is 10.1. The van der Waals surface area contributed by atoms with Crippen LogP contribution in [0.2, 0.25) is 0 Å². The largest absolute Gasteiger partial charge is 0.393 e. The van der Waals surface area contributed by atoms with Crippen LogP contribution in [0.4, 0.5) is 16.2 Å². The Labute approximate surface area is 139 Å². The number of anilines is 2. The number of carbonyl (C=O) groups is 1. The SMILES string of the molecule is CCC(O)CCNC(=O)Nc1ccccc1N(C)C1CCCC1. The number of carbonyl (C=O) groups excluding carboxylic acids is 1. The average Bonchev–Trinajstić information content (AvgIpc) is 3.09. The van der Waals surface area contributed by atoms with Crippen molar-refractivity contribution >= 4 is 17.4 Å². The predicted octanol–water partition coefficient (Wildman–Crippen LogP) is 3.35. The molecular formula is C18H29N3O2. The first kappa shape index (κ1) is 17.6. The van der Waals surface area contributed by atoms with Crippen molar-refractivity contribution in [1.29, 1.82) is 0 Å². The van der Waals surface area contributed by atoms with Crippen LogP contribution in [0.3, 0.4) is 0 Å². The van der Waals surface area contributed by atoms with Crippen molar-refractivity contribution < 1.29 is 9.90 Å². The zero-order valence-corrected chi connectivity index (χ0v) is 14.2. The van der Waals surface area contributed by atoms with E-state index in [1.54, 1.807) is 0 Å². The molecule has 5 nitrogen and oxygen atoms in total. The minimum Gasteiger partial charge on any atom is -0.393 e. The van der Waals surface area contributed by atoms with Crippen LogP contribution in [0.1, 0.15) is 45.4 Å². The number of benzene rings is 1. The summed E-state index contributed by atoms with van der Waals surface area (Å²) < 4.78 is 0. The quantitative estimate of drug-likeness (QED) is 0.722. The molecule has 1 saturated carbocycles. The van der Waals surface area contributed by atoms with Crippen LogP contribution in [0.25, 0.3) is 0 Å². The highest BCUT2D eigenvalue weighted by atomic mass is 16.3.